The van der Waals surface area contributed by atoms with E-state index in [4.69, 9.17) is 0 Å². The number of aromatic nitrogens is 1. The van der Waals surface area contributed by atoms with Crippen LogP contribution < -0.4 is 10.6 Å². The van der Waals surface area contributed by atoms with Gasteiger partial charge >= 0.3 is 0 Å². The molecule has 2 heterocycles. The molecule has 1 saturated heterocycles. The summed E-state index contributed by atoms with van der Waals surface area (Å²) in [5.41, 5.74) is 2.88. The largest absolute Gasteiger partial charge is 0.326 e. The first-order valence-electron chi connectivity index (χ1n) is 9.67. The van der Waals surface area contributed by atoms with E-state index >= 15 is 0 Å². The van der Waals surface area contributed by atoms with Gasteiger partial charge in [-0.25, -0.2) is 9.37 Å². The van der Waals surface area contributed by atoms with Crippen molar-refractivity contribution in [2.75, 3.05) is 22.1 Å². The number of amides is 2. The smallest absolute Gasteiger partial charge is 0.257 e. The maximum Gasteiger partial charge on any atom is 0.257 e. The summed E-state index contributed by atoms with van der Waals surface area (Å²) in [4.78, 5) is 28.0. The molecule has 4 rings (SSSR count). The first-order valence-corrected chi connectivity index (χ1v) is 12.6. The van der Waals surface area contributed by atoms with Crippen LogP contribution in [0, 0.1) is 5.82 Å². The highest BCUT2D eigenvalue weighted by Gasteiger charge is 2.18. The molecule has 2 amide bonds. The summed E-state index contributed by atoms with van der Waals surface area (Å²) in [5, 5.41) is 7.41. The van der Waals surface area contributed by atoms with E-state index in [0.29, 0.717) is 32.2 Å². The highest BCUT2D eigenvalue weighted by atomic mass is 32.2. The lowest BCUT2D eigenvalue weighted by molar-refractivity contribution is -0.114. The zero-order valence-corrected chi connectivity index (χ0v) is 19.1. The number of thiazole rings is 1. The van der Waals surface area contributed by atoms with Crippen molar-refractivity contribution >= 4 is 57.5 Å². The zero-order valence-electron chi connectivity index (χ0n) is 16.7. The molecule has 0 atom stereocenters. The minimum atomic E-state index is -0.497. The lowest BCUT2D eigenvalue weighted by Crippen LogP contribution is -2.12. The number of nitrogens with zero attached hydrogens (tertiary/aromatic N) is 1. The molecule has 0 aliphatic carbocycles. The maximum atomic E-state index is 14.4. The molecule has 1 aromatic heterocycles. The summed E-state index contributed by atoms with van der Waals surface area (Å²) in [6, 6.07) is 12.1. The number of benzene rings is 2. The van der Waals surface area contributed by atoms with E-state index in [0.717, 1.165) is 0 Å². The van der Waals surface area contributed by atoms with Gasteiger partial charge in [0.2, 0.25) is 5.91 Å². The van der Waals surface area contributed by atoms with Gasteiger partial charge < -0.3 is 5.32 Å². The van der Waals surface area contributed by atoms with E-state index in [2.05, 4.69) is 15.6 Å². The van der Waals surface area contributed by atoms with Crippen molar-refractivity contribution in [3.63, 3.8) is 0 Å². The highest BCUT2D eigenvalue weighted by molar-refractivity contribution is 8.16. The van der Waals surface area contributed by atoms with Gasteiger partial charge in [-0.15, -0.1) is 34.9 Å². The van der Waals surface area contributed by atoms with Crippen LogP contribution in [0.25, 0.3) is 11.3 Å². The van der Waals surface area contributed by atoms with Crippen molar-refractivity contribution in [2.24, 2.45) is 0 Å². The summed E-state index contributed by atoms with van der Waals surface area (Å²) in [7, 11) is 0. The molecule has 2 N–H and O–H groups in total. The lowest BCUT2D eigenvalue weighted by atomic mass is 10.1. The van der Waals surface area contributed by atoms with Gasteiger partial charge in [-0.2, -0.15) is 0 Å². The number of thioether (sulfide) groups is 2. The predicted molar refractivity (Wildman–Crippen MR) is 128 cm³/mol. The molecule has 1 fully saturated rings. The van der Waals surface area contributed by atoms with Crippen LogP contribution in [0.5, 0.6) is 0 Å². The zero-order chi connectivity index (χ0) is 21.8. The molecule has 0 spiro atoms. The van der Waals surface area contributed by atoms with Gasteiger partial charge in [-0.05, 0) is 53.8 Å². The van der Waals surface area contributed by atoms with Crippen LogP contribution in [-0.2, 0) is 4.79 Å². The number of anilines is 2. The number of hydrogen-bond donors (Lipinski definition) is 2. The fourth-order valence-corrected chi connectivity index (χ4v) is 6.70. The van der Waals surface area contributed by atoms with Crippen LogP contribution in [0.3, 0.4) is 0 Å². The van der Waals surface area contributed by atoms with Gasteiger partial charge in [0.1, 0.15) is 5.82 Å². The Balaban J connectivity index is 1.42. The number of rotatable bonds is 5. The summed E-state index contributed by atoms with van der Waals surface area (Å²) in [6.45, 7) is 1.36. The molecule has 0 radical (unpaired) electrons. The first kappa shape index (κ1) is 21.9. The predicted octanol–water partition coefficient (Wildman–Crippen LogP) is 6.03. The van der Waals surface area contributed by atoms with E-state index < -0.39 is 5.82 Å². The first-order chi connectivity index (χ1) is 15.0. The molecule has 2 aromatic carbocycles. The SMILES string of the molecule is CC(=O)Nc1ccc(-c2csc(NC(=O)c3ccc(C4SCCCS4)cc3)n2)c(F)c1. The monoisotopic (exact) mass is 473 g/mol. The number of carbonyl (C=O) groups excluding carboxylic acids is 2. The van der Waals surface area contributed by atoms with Crippen molar-refractivity contribution in [3.05, 3.63) is 64.8 Å². The fraction of sp³-hybridized carbons (Fsp3) is 0.227. The van der Waals surface area contributed by atoms with Gasteiger partial charge in [0.15, 0.2) is 5.13 Å². The second kappa shape index (κ2) is 9.84. The van der Waals surface area contributed by atoms with Crippen LogP contribution >= 0.6 is 34.9 Å². The molecule has 160 valence electrons. The van der Waals surface area contributed by atoms with E-state index in [1.807, 2.05) is 47.8 Å². The Labute approximate surface area is 192 Å². The molecule has 1 aliphatic heterocycles. The molecule has 0 bridgehead atoms. The number of halogens is 1. The van der Waals surface area contributed by atoms with Gasteiger partial charge in [0.05, 0.1) is 10.3 Å². The second-order valence-electron chi connectivity index (χ2n) is 6.92. The second-order valence-corrected chi connectivity index (χ2v) is 10.5. The van der Waals surface area contributed by atoms with E-state index in [1.54, 1.807) is 17.5 Å². The van der Waals surface area contributed by atoms with Crippen LogP contribution in [0.2, 0.25) is 0 Å². The third-order valence-electron chi connectivity index (χ3n) is 4.56. The summed E-state index contributed by atoms with van der Waals surface area (Å²) in [5.74, 6) is 1.32. The minimum absolute atomic E-state index is 0.252. The highest BCUT2D eigenvalue weighted by Crippen LogP contribution is 2.43. The van der Waals surface area contributed by atoms with Gasteiger partial charge in [0, 0.05) is 29.1 Å². The summed E-state index contributed by atoms with van der Waals surface area (Å²) in [6.07, 6.45) is 1.24. The number of hydrogen-bond acceptors (Lipinski definition) is 6. The van der Waals surface area contributed by atoms with Crippen LogP contribution in [0.1, 0.15) is 33.8 Å². The Hall–Kier alpha value is -2.36. The van der Waals surface area contributed by atoms with Gasteiger partial charge in [-0.1, -0.05) is 12.1 Å². The Morgan fingerprint density at radius 3 is 2.48 bits per heavy atom. The van der Waals surface area contributed by atoms with Crippen molar-refractivity contribution < 1.29 is 14.0 Å². The Kier molecular flexibility index (Phi) is 6.94. The van der Waals surface area contributed by atoms with Gasteiger partial charge in [0.25, 0.3) is 5.91 Å². The maximum absolute atomic E-state index is 14.4. The molecule has 9 heteroatoms. The molecule has 1 aliphatic rings. The summed E-state index contributed by atoms with van der Waals surface area (Å²) < 4.78 is 14.9. The summed E-state index contributed by atoms with van der Waals surface area (Å²) >= 11 is 5.11. The Bertz CT molecular complexity index is 1100. The normalized spacial score (nSPS) is 14.3. The fourth-order valence-electron chi connectivity index (χ4n) is 3.10. The molecule has 3 aromatic rings. The Morgan fingerprint density at radius 1 is 1.06 bits per heavy atom. The van der Waals surface area contributed by atoms with Crippen molar-refractivity contribution in [1.82, 2.24) is 4.98 Å². The Morgan fingerprint density at radius 2 is 1.81 bits per heavy atom. The number of nitrogens with one attached hydrogen (secondary N) is 2. The van der Waals surface area contributed by atoms with E-state index in [9.17, 15) is 14.0 Å². The van der Waals surface area contributed by atoms with Crippen molar-refractivity contribution in [2.45, 2.75) is 17.9 Å². The van der Waals surface area contributed by atoms with Crippen LogP contribution in [0.4, 0.5) is 15.2 Å². The molecular weight excluding hydrogens is 453 g/mol. The average molecular weight is 474 g/mol. The molecule has 31 heavy (non-hydrogen) atoms. The van der Waals surface area contributed by atoms with Crippen molar-refractivity contribution in [1.29, 1.82) is 0 Å². The number of carbonyl (C=O) groups is 2. The lowest BCUT2D eigenvalue weighted by Gasteiger charge is -2.21. The van der Waals surface area contributed by atoms with Crippen LogP contribution in [0.15, 0.2) is 47.8 Å². The quantitative estimate of drug-likeness (QED) is 0.474. The molecule has 5 nitrogen and oxygen atoms in total. The van der Waals surface area contributed by atoms with Crippen molar-refractivity contribution in [3.8, 4) is 11.3 Å². The third kappa shape index (κ3) is 5.47. The minimum Gasteiger partial charge on any atom is -0.326 e. The third-order valence-corrected chi connectivity index (χ3v) is 8.34. The van der Waals surface area contributed by atoms with Crippen LogP contribution in [-0.4, -0.2) is 28.3 Å². The van der Waals surface area contributed by atoms with E-state index in [-0.39, 0.29) is 11.8 Å². The topological polar surface area (TPSA) is 71.1 Å². The molecule has 0 saturated carbocycles. The van der Waals surface area contributed by atoms with Gasteiger partial charge in [-0.3, -0.25) is 14.9 Å². The molecule has 0 unspecified atom stereocenters. The average Bonchev–Trinajstić information content (AvgIpc) is 3.22. The molecular formula is C22H20FN3O2S3. The van der Waals surface area contributed by atoms with E-state index in [1.165, 1.54) is 47.8 Å². The standard InChI is InChI=1S/C22H20FN3O2S3/c1-13(27)24-16-7-8-17(18(23)11-16)19-12-31-22(25-19)26-20(28)14-3-5-15(6-4-14)21-29-9-2-10-30-21/h3-8,11-12,21H,2,9-10H2,1H3,(H,24,27)(H,25,26,28).